The molecule has 3 N–H and O–H groups in total. The summed E-state index contributed by atoms with van der Waals surface area (Å²) >= 11 is 6.18. The number of hydrogen-bond acceptors (Lipinski definition) is 3. The molecule has 7 heteroatoms. The van der Waals surface area contributed by atoms with Gasteiger partial charge in [0.05, 0.1) is 17.5 Å². The van der Waals surface area contributed by atoms with Crippen molar-refractivity contribution in [2.75, 3.05) is 13.1 Å². The monoisotopic (exact) mass is 340 g/mol. The van der Waals surface area contributed by atoms with Gasteiger partial charge in [-0.05, 0) is 25.5 Å². The van der Waals surface area contributed by atoms with E-state index in [1.807, 2.05) is 18.2 Å². The second kappa shape index (κ2) is 7.63. The van der Waals surface area contributed by atoms with Gasteiger partial charge in [-0.1, -0.05) is 29.8 Å². The smallest absolute Gasteiger partial charge is 0.255 e. The lowest BCUT2D eigenvalue weighted by atomic mass is 10.1. The van der Waals surface area contributed by atoms with Gasteiger partial charge >= 0.3 is 0 Å². The van der Waals surface area contributed by atoms with Crippen LogP contribution in [0.25, 0.3) is 11.3 Å². The molecule has 22 heavy (non-hydrogen) atoms. The van der Waals surface area contributed by atoms with Gasteiger partial charge in [0.25, 0.3) is 5.91 Å². The Balaban J connectivity index is 0.00000176. The van der Waals surface area contributed by atoms with E-state index in [0.717, 1.165) is 24.9 Å². The minimum absolute atomic E-state index is 0. The molecule has 3 rings (SSSR count). The van der Waals surface area contributed by atoms with E-state index in [-0.39, 0.29) is 18.3 Å². The molecule has 118 valence electrons. The van der Waals surface area contributed by atoms with Crippen LogP contribution < -0.4 is 10.6 Å². The van der Waals surface area contributed by atoms with Crippen molar-refractivity contribution < 1.29 is 4.79 Å². The minimum Gasteiger partial charge on any atom is -0.350 e. The molecule has 5 nitrogen and oxygen atoms in total. The Bertz CT molecular complexity index is 638. The number of nitrogens with zero attached hydrogens (tertiary/aromatic N) is 1. The number of amides is 1. The highest BCUT2D eigenvalue weighted by atomic mass is 35.5. The van der Waals surface area contributed by atoms with Gasteiger partial charge in [-0.3, -0.25) is 9.89 Å². The molecular formula is C15H18Cl2N4O. The lowest BCUT2D eigenvalue weighted by Gasteiger charge is -2.11. The second-order valence-electron chi connectivity index (χ2n) is 5.14. The van der Waals surface area contributed by atoms with Crippen LogP contribution in [0.15, 0.2) is 30.5 Å². The number of hydrogen-bond donors (Lipinski definition) is 3. The standard InChI is InChI=1S/C15H17ClN4O.ClH/c16-13-6-2-1-5-11(13)14-12(9-19-20-14)15(21)18-8-10-4-3-7-17-10;/h1-2,5-6,9-10,17H,3-4,7-8H2,(H,18,21)(H,19,20);1H. The summed E-state index contributed by atoms with van der Waals surface area (Å²) in [6.45, 7) is 1.66. The Morgan fingerprint density at radius 3 is 2.95 bits per heavy atom. The third-order valence-electron chi connectivity index (χ3n) is 3.70. The Morgan fingerprint density at radius 1 is 1.41 bits per heavy atom. The van der Waals surface area contributed by atoms with Gasteiger partial charge in [0.2, 0.25) is 0 Å². The summed E-state index contributed by atoms with van der Waals surface area (Å²) in [5.74, 6) is -0.132. The molecule has 1 aliphatic heterocycles. The van der Waals surface area contributed by atoms with Crippen molar-refractivity contribution >= 4 is 29.9 Å². The fourth-order valence-corrected chi connectivity index (χ4v) is 2.80. The number of aromatic amines is 1. The van der Waals surface area contributed by atoms with Crippen molar-refractivity contribution in [1.29, 1.82) is 0 Å². The summed E-state index contributed by atoms with van der Waals surface area (Å²) in [4.78, 5) is 12.3. The van der Waals surface area contributed by atoms with E-state index in [2.05, 4.69) is 20.8 Å². The zero-order chi connectivity index (χ0) is 14.7. The van der Waals surface area contributed by atoms with Gasteiger partial charge in [0.15, 0.2) is 0 Å². The third kappa shape index (κ3) is 3.61. The average molecular weight is 341 g/mol. The molecular weight excluding hydrogens is 323 g/mol. The molecule has 0 bridgehead atoms. The number of nitrogens with one attached hydrogen (secondary N) is 3. The van der Waals surface area contributed by atoms with Crippen molar-refractivity contribution in [2.45, 2.75) is 18.9 Å². The zero-order valence-corrected chi connectivity index (χ0v) is 13.5. The molecule has 2 heterocycles. The van der Waals surface area contributed by atoms with E-state index in [1.54, 1.807) is 6.07 Å². The van der Waals surface area contributed by atoms with Gasteiger partial charge in [-0.25, -0.2) is 0 Å². The van der Waals surface area contributed by atoms with Crippen molar-refractivity contribution in [3.8, 4) is 11.3 Å². The number of carbonyl (C=O) groups excluding carboxylic acids is 1. The van der Waals surface area contributed by atoms with Crippen LogP contribution in [0.4, 0.5) is 0 Å². The molecule has 0 saturated carbocycles. The van der Waals surface area contributed by atoms with Gasteiger partial charge in [-0.2, -0.15) is 5.10 Å². The highest BCUT2D eigenvalue weighted by Gasteiger charge is 2.19. The Labute approximate surface area is 140 Å². The first kappa shape index (κ1) is 16.8. The lowest BCUT2D eigenvalue weighted by Crippen LogP contribution is -2.37. The maximum atomic E-state index is 12.3. The number of aromatic nitrogens is 2. The molecule has 1 unspecified atom stereocenters. The second-order valence-corrected chi connectivity index (χ2v) is 5.55. The molecule has 0 radical (unpaired) electrons. The summed E-state index contributed by atoms with van der Waals surface area (Å²) in [6, 6.07) is 7.76. The number of halogens is 2. The lowest BCUT2D eigenvalue weighted by molar-refractivity contribution is 0.0951. The summed E-state index contributed by atoms with van der Waals surface area (Å²) in [5, 5.41) is 13.7. The number of benzene rings is 1. The maximum Gasteiger partial charge on any atom is 0.255 e. The molecule has 1 aliphatic rings. The summed E-state index contributed by atoms with van der Waals surface area (Å²) in [7, 11) is 0. The summed E-state index contributed by atoms with van der Waals surface area (Å²) in [6.07, 6.45) is 3.80. The maximum absolute atomic E-state index is 12.3. The van der Waals surface area contributed by atoms with Crippen LogP contribution in [0.3, 0.4) is 0 Å². The van der Waals surface area contributed by atoms with Gasteiger partial charge in [0, 0.05) is 23.2 Å². The van der Waals surface area contributed by atoms with Crippen LogP contribution in [0.5, 0.6) is 0 Å². The molecule has 1 atom stereocenters. The molecule has 2 aromatic rings. The fourth-order valence-electron chi connectivity index (χ4n) is 2.57. The summed E-state index contributed by atoms with van der Waals surface area (Å²) < 4.78 is 0. The molecule has 0 aliphatic carbocycles. The highest BCUT2D eigenvalue weighted by molar-refractivity contribution is 6.33. The SMILES string of the molecule is Cl.O=C(NCC1CCCN1)c1cn[nH]c1-c1ccccc1Cl. The first-order chi connectivity index (χ1) is 10.3. The average Bonchev–Trinajstić information content (AvgIpc) is 3.16. The van der Waals surface area contributed by atoms with Crippen molar-refractivity contribution in [2.24, 2.45) is 0 Å². The van der Waals surface area contributed by atoms with Gasteiger partial charge in [0.1, 0.15) is 0 Å². The summed E-state index contributed by atoms with van der Waals surface area (Å²) in [5.41, 5.74) is 1.94. The highest BCUT2D eigenvalue weighted by Crippen LogP contribution is 2.28. The Morgan fingerprint density at radius 2 is 2.23 bits per heavy atom. The largest absolute Gasteiger partial charge is 0.350 e. The predicted octanol–water partition coefficient (Wildman–Crippen LogP) is 2.63. The molecule has 1 aromatic carbocycles. The molecule has 1 aromatic heterocycles. The molecule has 1 fully saturated rings. The Kier molecular flexibility index (Phi) is 5.83. The van der Waals surface area contributed by atoms with E-state index >= 15 is 0 Å². The van der Waals surface area contributed by atoms with Gasteiger partial charge in [-0.15, -0.1) is 12.4 Å². The normalized spacial score (nSPS) is 17.0. The molecule has 0 spiro atoms. The van der Waals surface area contributed by atoms with Crippen molar-refractivity contribution in [3.63, 3.8) is 0 Å². The first-order valence-corrected chi connectivity index (χ1v) is 7.43. The quantitative estimate of drug-likeness (QED) is 0.801. The fraction of sp³-hybridized carbons (Fsp3) is 0.333. The van der Waals surface area contributed by atoms with Crippen LogP contribution in [-0.2, 0) is 0 Å². The van der Waals surface area contributed by atoms with Crippen LogP contribution >= 0.6 is 24.0 Å². The Hall–Kier alpha value is -1.56. The van der Waals surface area contributed by atoms with Crippen molar-refractivity contribution in [1.82, 2.24) is 20.8 Å². The number of carbonyl (C=O) groups is 1. The van der Waals surface area contributed by atoms with E-state index in [9.17, 15) is 4.79 Å². The van der Waals surface area contributed by atoms with E-state index in [4.69, 9.17) is 11.6 Å². The zero-order valence-electron chi connectivity index (χ0n) is 11.9. The predicted molar refractivity (Wildman–Crippen MR) is 89.6 cm³/mol. The molecule has 1 amide bonds. The topological polar surface area (TPSA) is 69.8 Å². The van der Waals surface area contributed by atoms with Crippen LogP contribution in [0, 0.1) is 0 Å². The van der Waals surface area contributed by atoms with E-state index in [0.29, 0.717) is 28.9 Å². The van der Waals surface area contributed by atoms with E-state index < -0.39 is 0 Å². The van der Waals surface area contributed by atoms with Gasteiger partial charge < -0.3 is 10.6 Å². The van der Waals surface area contributed by atoms with E-state index in [1.165, 1.54) is 6.20 Å². The number of H-pyrrole nitrogens is 1. The third-order valence-corrected chi connectivity index (χ3v) is 4.03. The van der Waals surface area contributed by atoms with Crippen LogP contribution in [0.2, 0.25) is 5.02 Å². The molecule has 1 saturated heterocycles. The van der Waals surface area contributed by atoms with Crippen LogP contribution in [-0.4, -0.2) is 35.2 Å². The minimum atomic E-state index is -0.132. The van der Waals surface area contributed by atoms with Crippen LogP contribution in [0.1, 0.15) is 23.2 Å². The van der Waals surface area contributed by atoms with Crippen molar-refractivity contribution in [3.05, 3.63) is 41.0 Å². The number of rotatable bonds is 4. The first-order valence-electron chi connectivity index (χ1n) is 7.05.